The second kappa shape index (κ2) is 13.8. The van der Waals surface area contributed by atoms with Crippen molar-refractivity contribution in [1.82, 2.24) is 10.9 Å². The van der Waals surface area contributed by atoms with Gasteiger partial charge in [0.05, 0.1) is 12.4 Å². The van der Waals surface area contributed by atoms with E-state index >= 15 is 0 Å². The molecule has 194 valence electrons. The van der Waals surface area contributed by atoms with Crippen molar-refractivity contribution in [3.05, 3.63) is 95.1 Å². The molecule has 2 N–H and O–H groups in total. The Morgan fingerprint density at radius 3 is 1.42 bits per heavy atom. The first-order chi connectivity index (χ1) is 18.3. The summed E-state index contributed by atoms with van der Waals surface area (Å²) in [5.74, 6) is -0.198. The van der Waals surface area contributed by atoms with Gasteiger partial charge in [0.15, 0.2) is 24.8 Å². The summed E-state index contributed by atoms with van der Waals surface area (Å²) in [5.41, 5.74) is 7.17. The molecule has 38 heavy (non-hydrogen) atoms. The topological polar surface area (TPSA) is 136 Å². The lowest BCUT2D eigenvalue weighted by Gasteiger charge is -2.08. The minimum absolute atomic E-state index is 0.0590. The first kappa shape index (κ1) is 27.5. The van der Waals surface area contributed by atoms with Crippen LogP contribution >= 0.6 is 0 Å². The highest BCUT2D eigenvalue weighted by molar-refractivity contribution is 5.96. The van der Waals surface area contributed by atoms with Crippen LogP contribution in [0.2, 0.25) is 0 Å². The van der Waals surface area contributed by atoms with Crippen molar-refractivity contribution >= 4 is 35.8 Å². The smallest absolute Gasteiger partial charge is 0.277 e. The number of ketones is 2. The number of Topliss-reactive ketones (excluding diaryl/α,β-unsaturated/α-hetero) is 2. The molecule has 3 aromatic rings. The lowest BCUT2D eigenvalue weighted by Crippen LogP contribution is -2.25. The Labute approximate surface area is 219 Å². The van der Waals surface area contributed by atoms with Gasteiger partial charge in [0.1, 0.15) is 11.5 Å². The summed E-state index contributed by atoms with van der Waals surface area (Å²) in [7, 11) is 0. The Morgan fingerprint density at radius 1 is 0.658 bits per heavy atom. The van der Waals surface area contributed by atoms with Crippen LogP contribution in [0.3, 0.4) is 0 Å². The molecule has 0 aliphatic carbocycles. The summed E-state index contributed by atoms with van der Waals surface area (Å²) >= 11 is 0. The Bertz CT molecular complexity index is 1260. The number of carbonyl (C=O) groups is 4. The van der Waals surface area contributed by atoms with Crippen LogP contribution in [0.1, 0.15) is 45.7 Å². The highest BCUT2D eigenvalue weighted by Gasteiger charge is 2.05. The minimum Gasteiger partial charge on any atom is -0.484 e. The molecule has 10 heteroatoms. The highest BCUT2D eigenvalue weighted by Crippen LogP contribution is 2.17. The van der Waals surface area contributed by atoms with E-state index in [1.165, 1.54) is 26.3 Å². The Hall–Kier alpha value is -5.12. The number of amides is 2. The molecular formula is C28H26N4O6. The molecule has 0 atom stereocenters. The first-order valence-corrected chi connectivity index (χ1v) is 11.5. The number of hydrogen-bond donors (Lipinski definition) is 2. The molecular weight excluding hydrogens is 488 g/mol. The second-order valence-corrected chi connectivity index (χ2v) is 8.00. The summed E-state index contributed by atoms with van der Waals surface area (Å²) in [6, 6.07) is 20.1. The number of rotatable bonds is 12. The highest BCUT2D eigenvalue weighted by atomic mass is 16.5. The minimum atomic E-state index is -0.463. The van der Waals surface area contributed by atoms with Crippen molar-refractivity contribution in [1.29, 1.82) is 0 Å². The molecule has 0 aliphatic heterocycles. The van der Waals surface area contributed by atoms with Crippen LogP contribution in [-0.2, 0) is 9.59 Å². The van der Waals surface area contributed by atoms with E-state index in [1.54, 1.807) is 72.8 Å². The van der Waals surface area contributed by atoms with Crippen molar-refractivity contribution in [2.75, 3.05) is 13.2 Å². The zero-order valence-electron chi connectivity index (χ0n) is 20.8. The average Bonchev–Trinajstić information content (AvgIpc) is 2.91. The molecule has 0 heterocycles. The molecule has 0 unspecified atom stereocenters. The number of nitrogens with zero attached hydrogens (tertiary/aromatic N) is 2. The van der Waals surface area contributed by atoms with E-state index in [-0.39, 0.29) is 24.8 Å². The van der Waals surface area contributed by atoms with Gasteiger partial charge in [0.25, 0.3) is 11.8 Å². The molecule has 10 nitrogen and oxygen atoms in total. The third-order valence-corrected chi connectivity index (χ3v) is 4.96. The van der Waals surface area contributed by atoms with Gasteiger partial charge in [-0.1, -0.05) is 36.4 Å². The monoisotopic (exact) mass is 514 g/mol. The van der Waals surface area contributed by atoms with Gasteiger partial charge in [0.2, 0.25) is 0 Å². The molecule has 0 aromatic heterocycles. The molecule has 3 rings (SSSR count). The van der Waals surface area contributed by atoms with Gasteiger partial charge in [-0.2, -0.15) is 10.2 Å². The SMILES string of the molecule is CC(=O)c1cccc(C=NNC(=O)COc2ccc(OCC(=O)NN=Cc3cccc(C(C)=O)c3)cc2)c1. The summed E-state index contributed by atoms with van der Waals surface area (Å²) < 4.78 is 10.8. The molecule has 0 saturated carbocycles. The van der Waals surface area contributed by atoms with Crippen molar-refractivity contribution in [2.24, 2.45) is 10.2 Å². The van der Waals surface area contributed by atoms with Crippen molar-refractivity contribution in [3.8, 4) is 11.5 Å². The van der Waals surface area contributed by atoms with E-state index < -0.39 is 11.8 Å². The number of hydrogen-bond acceptors (Lipinski definition) is 8. The second-order valence-electron chi connectivity index (χ2n) is 8.00. The zero-order valence-corrected chi connectivity index (χ0v) is 20.8. The van der Waals surface area contributed by atoms with E-state index in [0.29, 0.717) is 33.8 Å². The summed E-state index contributed by atoms with van der Waals surface area (Å²) in [6.45, 7) is 2.42. The Balaban J connectivity index is 1.37. The lowest BCUT2D eigenvalue weighted by atomic mass is 10.1. The fourth-order valence-electron chi connectivity index (χ4n) is 3.03. The van der Waals surface area contributed by atoms with Gasteiger partial charge in [-0.15, -0.1) is 0 Å². The van der Waals surface area contributed by atoms with Gasteiger partial charge in [-0.3, -0.25) is 19.2 Å². The van der Waals surface area contributed by atoms with Crippen LogP contribution in [0.4, 0.5) is 0 Å². The van der Waals surface area contributed by atoms with Gasteiger partial charge in [-0.25, -0.2) is 10.9 Å². The van der Waals surface area contributed by atoms with E-state index in [4.69, 9.17) is 9.47 Å². The molecule has 0 bridgehead atoms. The van der Waals surface area contributed by atoms with Crippen LogP contribution < -0.4 is 20.3 Å². The third kappa shape index (κ3) is 9.15. The molecule has 0 radical (unpaired) electrons. The summed E-state index contributed by atoms with van der Waals surface area (Å²) in [4.78, 5) is 46.7. The lowest BCUT2D eigenvalue weighted by molar-refractivity contribution is -0.123. The van der Waals surface area contributed by atoms with Crippen molar-refractivity contribution in [3.63, 3.8) is 0 Å². The quantitative estimate of drug-likeness (QED) is 0.217. The van der Waals surface area contributed by atoms with Crippen molar-refractivity contribution < 1.29 is 28.7 Å². The number of ether oxygens (including phenoxy) is 2. The average molecular weight is 515 g/mol. The normalized spacial score (nSPS) is 10.8. The molecule has 0 saturated heterocycles. The first-order valence-electron chi connectivity index (χ1n) is 11.5. The third-order valence-electron chi connectivity index (χ3n) is 4.96. The summed E-state index contributed by atoms with van der Waals surface area (Å²) in [5, 5.41) is 7.72. The maximum absolute atomic E-state index is 11.9. The Morgan fingerprint density at radius 2 is 1.05 bits per heavy atom. The van der Waals surface area contributed by atoms with E-state index in [1.807, 2.05) is 0 Å². The van der Waals surface area contributed by atoms with Crippen LogP contribution in [0, 0.1) is 0 Å². The standard InChI is InChI=1S/C28H26N4O6/c1-19(33)23-7-3-5-21(13-23)15-29-31-27(35)17-37-25-9-11-26(12-10-25)38-18-28(36)32-30-16-22-6-4-8-24(14-22)20(2)34/h3-16H,17-18H2,1-2H3,(H,31,35)(H,32,36). The van der Waals surface area contributed by atoms with Gasteiger partial charge in [0, 0.05) is 11.1 Å². The molecule has 0 spiro atoms. The fourth-order valence-corrected chi connectivity index (χ4v) is 3.03. The van der Waals surface area contributed by atoms with Gasteiger partial charge < -0.3 is 9.47 Å². The Kier molecular flexibility index (Phi) is 10.00. The predicted molar refractivity (Wildman–Crippen MR) is 142 cm³/mol. The van der Waals surface area contributed by atoms with Crippen LogP contribution in [0.5, 0.6) is 11.5 Å². The van der Waals surface area contributed by atoms with E-state index in [2.05, 4.69) is 21.1 Å². The predicted octanol–water partition coefficient (Wildman–Crippen LogP) is 3.15. The number of hydrazone groups is 2. The molecule has 2 amide bonds. The van der Waals surface area contributed by atoms with Gasteiger partial charge in [-0.05, 0) is 61.4 Å². The number of carbonyl (C=O) groups excluding carboxylic acids is 4. The maximum atomic E-state index is 11.9. The maximum Gasteiger partial charge on any atom is 0.277 e. The number of benzene rings is 3. The number of nitrogens with one attached hydrogen (secondary N) is 2. The molecule has 0 fully saturated rings. The van der Waals surface area contributed by atoms with Gasteiger partial charge >= 0.3 is 0 Å². The van der Waals surface area contributed by atoms with E-state index in [9.17, 15) is 19.2 Å². The fraction of sp³-hybridized carbons (Fsp3) is 0.143. The summed E-state index contributed by atoms with van der Waals surface area (Å²) in [6.07, 6.45) is 2.87. The molecule has 3 aromatic carbocycles. The van der Waals surface area contributed by atoms with Crippen LogP contribution in [0.15, 0.2) is 83.0 Å². The van der Waals surface area contributed by atoms with Crippen LogP contribution in [-0.4, -0.2) is 49.0 Å². The van der Waals surface area contributed by atoms with Crippen LogP contribution in [0.25, 0.3) is 0 Å². The van der Waals surface area contributed by atoms with Crippen molar-refractivity contribution in [2.45, 2.75) is 13.8 Å². The largest absolute Gasteiger partial charge is 0.484 e. The zero-order chi connectivity index (χ0) is 27.3. The van der Waals surface area contributed by atoms with E-state index in [0.717, 1.165) is 0 Å². The molecule has 0 aliphatic rings.